The molecule has 2 atom stereocenters. The maximum absolute atomic E-state index is 11.9. The van der Waals surface area contributed by atoms with Crippen molar-refractivity contribution in [2.45, 2.75) is 51.9 Å². The van der Waals surface area contributed by atoms with Crippen LogP contribution in [0.25, 0.3) is 0 Å². The number of rotatable bonds is 6. The highest BCUT2D eigenvalue weighted by molar-refractivity contribution is 5.74. The molecular formula is C17H26N2O3. The van der Waals surface area contributed by atoms with Crippen LogP contribution >= 0.6 is 0 Å². The van der Waals surface area contributed by atoms with Crippen molar-refractivity contribution < 1.29 is 14.3 Å². The van der Waals surface area contributed by atoms with Gasteiger partial charge in [-0.25, -0.2) is 4.79 Å². The third-order valence-electron chi connectivity index (χ3n) is 3.69. The highest BCUT2D eigenvalue weighted by Crippen LogP contribution is 2.26. The van der Waals surface area contributed by atoms with E-state index in [-0.39, 0.29) is 12.1 Å². The van der Waals surface area contributed by atoms with Gasteiger partial charge in [-0.1, -0.05) is 32.0 Å². The van der Waals surface area contributed by atoms with Crippen LogP contribution in [0.15, 0.2) is 24.3 Å². The van der Waals surface area contributed by atoms with Gasteiger partial charge in [0.2, 0.25) is 0 Å². The van der Waals surface area contributed by atoms with Gasteiger partial charge in [-0.2, -0.15) is 0 Å². The molecule has 1 fully saturated rings. The highest BCUT2D eigenvalue weighted by Gasteiger charge is 2.17. The Hall–Kier alpha value is -1.75. The second-order valence-electron chi connectivity index (χ2n) is 5.94. The molecule has 1 saturated heterocycles. The zero-order valence-corrected chi connectivity index (χ0v) is 13.6. The van der Waals surface area contributed by atoms with E-state index < -0.39 is 6.23 Å². The van der Waals surface area contributed by atoms with Crippen LogP contribution in [0, 0.1) is 0 Å². The average molecular weight is 306 g/mol. The van der Waals surface area contributed by atoms with Gasteiger partial charge in [0, 0.05) is 13.2 Å². The zero-order chi connectivity index (χ0) is 15.9. The minimum absolute atomic E-state index is 0.142. The fourth-order valence-corrected chi connectivity index (χ4v) is 2.53. The number of carbonyl (C=O) groups excluding carboxylic acids is 1. The number of carbonyl (C=O) groups is 1. The molecule has 1 aliphatic heterocycles. The van der Waals surface area contributed by atoms with E-state index in [0.717, 1.165) is 30.8 Å². The maximum Gasteiger partial charge on any atom is 0.317 e. The number of ether oxygens (including phenoxy) is 2. The lowest BCUT2D eigenvalue weighted by molar-refractivity contribution is 0.110. The first-order chi connectivity index (χ1) is 10.6. The van der Waals surface area contributed by atoms with Gasteiger partial charge in [0.05, 0.1) is 6.10 Å². The number of benzene rings is 1. The van der Waals surface area contributed by atoms with Crippen molar-refractivity contribution in [2.75, 3.05) is 13.2 Å². The lowest BCUT2D eigenvalue weighted by atomic mass is 10.0. The molecule has 0 aliphatic carbocycles. The van der Waals surface area contributed by atoms with E-state index in [9.17, 15) is 4.79 Å². The number of hydrogen-bond acceptors (Lipinski definition) is 3. The molecule has 0 aromatic heterocycles. The number of para-hydroxylation sites is 1. The van der Waals surface area contributed by atoms with E-state index >= 15 is 0 Å². The molecule has 1 aliphatic rings. The summed E-state index contributed by atoms with van der Waals surface area (Å²) in [6.45, 7) is 7.40. The summed E-state index contributed by atoms with van der Waals surface area (Å²) >= 11 is 0. The molecule has 2 unspecified atom stereocenters. The van der Waals surface area contributed by atoms with E-state index in [1.165, 1.54) is 0 Å². The van der Waals surface area contributed by atoms with Gasteiger partial charge < -0.3 is 20.1 Å². The molecule has 2 amide bonds. The van der Waals surface area contributed by atoms with Crippen LogP contribution in [0.5, 0.6) is 5.75 Å². The SMILES string of the molecule is CC(NC(=O)NCC1CCCO1)Oc1ccccc1C(C)C. The predicted octanol–water partition coefficient (Wildman–Crippen LogP) is 3.01. The first-order valence-corrected chi connectivity index (χ1v) is 7.98. The number of amides is 2. The average Bonchev–Trinajstić information content (AvgIpc) is 2.98. The summed E-state index contributed by atoms with van der Waals surface area (Å²) in [7, 11) is 0. The van der Waals surface area contributed by atoms with Crippen LogP contribution in [-0.4, -0.2) is 31.5 Å². The Labute approximate surface area is 132 Å². The van der Waals surface area contributed by atoms with Crippen LogP contribution in [-0.2, 0) is 4.74 Å². The van der Waals surface area contributed by atoms with Crippen LogP contribution in [0.3, 0.4) is 0 Å². The van der Waals surface area contributed by atoms with E-state index in [4.69, 9.17) is 9.47 Å². The molecule has 1 aromatic carbocycles. The largest absolute Gasteiger partial charge is 0.471 e. The standard InChI is InChI=1S/C17H26N2O3/c1-12(2)15-8-4-5-9-16(15)22-13(3)19-17(20)18-11-14-7-6-10-21-14/h4-5,8-9,12-14H,6-7,10-11H2,1-3H3,(H2,18,19,20). The van der Waals surface area contributed by atoms with Crippen molar-refractivity contribution in [3.63, 3.8) is 0 Å². The molecular weight excluding hydrogens is 280 g/mol. The van der Waals surface area contributed by atoms with Crippen molar-refractivity contribution in [1.82, 2.24) is 10.6 Å². The Bertz CT molecular complexity index is 485. The molecule has 1 heterocycles. The predicted molar refractivity (Wildman–Crippen MR) is 86.1 cm³/mol. The van der Waals surface area contributed by atoms with Crippen molar-refractivity contribution in [1.29, 1.82) is 0 Å². The van der Waals surface area contributed by atoms with Crippen LogP contribution in [0.1, 0.15) is 45.1 Å². The van der Waals surface area contributed by atoms with Gasteiger partial charge in [-0.15, -0.1) is 0 Å². The number of hydrogen-bond donors (Lipinski definition) is 2. The topological polar surface area (TPSA) is 59.6 Å². The summed E-state index contributed by atoms with van der Waals surface area (Å²) < 4.78 is 11.3. The van der Waals surface area contributed by atoms with Gasteiger partial charge in [0.1, 0.15) is 5.75 Å². The minimum atomic E-state index is -0.399. The lowest BCUT2D eigenvalue weighted by Crippen LogP contribution is -2.45. The van der Waals surface area contributed by atoms with E-state index in [1.54, 1.807) is 0 Å². The van der Waals surface area contributed by atoms with Gasteiger partial charge in [0.15, 0.2) is 6.23 Å². The van der Waals surface area contributed by atoms with Crippen LogP contribution < -0.4 is 15.4 Å². The van der Waals surface area contributed by atoms with Gasteiger partial charge in [-0.3, -0.25) is 0 Å². The summed E-state index contributed by atoms with van der Waals surface area (Å²) in [4.78, 5) is 11.9. The second-order valence-corrected chi connectivity index (χ2v) is 5.94. The van der Waals surface area contributed by atoms with Crippen molar-refractivity contribution in [2.24, 2.45) is 0 Å². The van der Waals surface area contributed by atoms with Gasteiger partial charge in [0.25, 0.3) is 0 Å². The van der Waals surface area contributed by atoms with E-state index in [2.05, 4.69) is 24.5 Å². The molecule has 5 heteroatoms. The molecule has 0 radical (unpaired) electrons. The molecule has 1 aromatic rings. The fraction of sp³-hybridized carbons (Fsp3) is 0.588. The summed E-state index contributed by atoms with van der Waals surface area (Å²) in [6, 6.07) is 7.67. The molecule has 5 nitrogen and oxygen atoms in total. The summed E-state index contributed by atoms with van der Waals surface area (Å²) in [5.41, 5.74) is 1.14. The fourth-order valence-electron chi connectivity index (χ4n) is 2.53. The van der Waals surface area contributed by atoms with Crippen LogP contribution in [0.2, 0.25) is 0 Å². The lowest BCUT2D eigenvalue weighted by Gasteiger charge is -2.20. The minimum Gasteiger partial charge on any atom is -0.471 e. The summed E-state index contributed by atoms with van der Waals surface area (Å²) in [5, 5.41) is 5.61. The monoisotopic (exact) mass is 306 g/mol. The van der Waals surface area contributed by atoms with E-state index in [1.807, 2.05) is 31.2 Å². The van der Waals surface area contributed by atoms with Crippen LogP contribution in [0.4, 0.5) is 4.79 Å². The second kappa shape index (κ2) is 8.03. The third-order valence-corrected chi connectivity index (χ3v) is 3.69. The highest BCUT2D eigenvalue weighted by atomic mass is 16.5. The smallest absolute Gasteiger partial charge is 0.317 e. The molecule has 0 spiro atoms. The molecule has 122 valence electrons. The van der Waals surface area contributed by atoms with Crippen molar-refractivity contribution in [3.8, 4) is 5.75 Å². The first kappa shape index (κ1) is 16.6. The zero-order valence-electron chi connectivity index (χ0n) is 13.6. The molecule has 2 rings (SSSR count). The van der Waals surface area contributed by atoms with Gasteiger partial charge in [-0.05, 0) is 37.3 Å². The normalized spacial score (nSPS) is 19.0. The van der Waals surface area contributed by atoms with E-state index in [0.29, 0.717) is 12.5 Å². The summed E-state index contributed by atoms with van der Waals surface area (Å²) in [6.07, 6.45) is 1.82. The van der Waals surface area contributed by atoms with Crippen molar-refractivity contribution >= 4 is 6.03 Å². The molecule has 0 bridgehead atoms. The molecule has 0 saturated carbocycles. The first-order valence-electron chi connectivity index (χ1n) is 7.98. The van der Waals surface area contributed by atoms with Gasteiger partial charge >= 0.3 is 6.03 Å². The molecule has 22 heavy (non-hydrogen) atoms. The Morgan fingerprint density at radius 1 is 1.36 bits per heavy atom. The Balaban J connectivity index is 1.79. The summed E-state index contributed by atoms with van der Waals surface area (Å²) in [5.74, 6) is 1.18. The maximum atomic E-state index is 11.9. The number of urea groups is 1. The third kappa shape index (κ3) is 4.91. The number of nitrogens with one attached hydrogen (secondary N) is 2. The molecule has 2 N–H and O–H groups in total. The Morgan fingerprint density at radius 2 is 2.14 bits per heavy atom. The Morgan fingerprint density at radius 3 is 2.82 bits per heavy atom. The Kier molecular flexibility index (Phi) is 6.07. The quantitative estimate of drug-likeness (QED) is 0.794. The van der Waals surface area contributed by atoms with Crippen molar-refractivity contribution in [3.05, 3.63) is 29.8 Å².